The van der Waals surface area contributed by atoms with Crippen LogP contribution in [0.1, 0.15) is 20.8 Å². The summed E-state index contributed by atoms with van der Waals surface area (Å²) >= 11 is -1.18. The van der Waals surface area contributed by atoms with E-state index in [1.165, 1.54) is 0 Å². The summed E-state index contributed by atoms with van der Waals surface area (Å²) < 4.78 is 2.02. The lowest BCUT2D eigenvalue weighted by Crippen LogP contribution is -2.61. The maximum absolute atomic E-state index is 4.11. The monoisotopic (exact) mass is 426 g/mol. The van der Waals surface area contributed by atoms with Gasteiger partial charge in [0.25, 0.3) is 0 Å². The Labute approximate surface area is 169 Å². The molecule has 0 aliphatic heterocycles. The molecule has 0 atom stereocenters. The molecule has 0 rings (SSSR count). The molecule has 0 aromatic rings. The van der Waals surface area contributed by atoms with E-state index in [9.17, 15) is 0 Å². The molecule has 0 aromatic heterocycles. The van der Waals surface area contributed by atoms with Crippen LogP contribution in [0.5, 0.6) is 0 Å². The molecule has 0 heterocycles. The van der Waals surface area contributed by atoms with Crippen LogP contribution in [-0.4, -0.2) is 46.4 Å². The molecule has 0 N–H and O–H groups in total. The molecular weight excluding hydrogens is 380 g/mol. The van der Waals surface area contributed by atoms with Crippen molar-refractivity contribution in [2.75, 3.05) is 0 Å². The average molecular weight is 427 g/mol. The lowest BCUT2D eigenvalue weighted by molar-refractivity contribution is 0.571. The van der Waals surface area contributed by atoms with Crippen molar-refractivity contribution in [3.8, 4) is 10.7 Å². The first-order chi connectivity index (χ1) is 10.6. The van der Waals surface area contributed by atoms with E-state index in [-0.39, 0.29) is 5.41 Å². The smallest absolute Gasteiger partial charge is 0.205 e. The van der Waals surface area contributed by atoms with Crippen molar-refractivity contribution in [2.24, 2.45) is 5.41 Å². The van der Waals surface area contributed by atoms with Crippen molar-refractivity contribution < 1.29 is 0 Å². The molecule has 0 unspecified atom stereocenters. The Morgan fingerprint density at radius 2 is 0.800 bits per heavy atom. The van der Waals surface area contributed by atoms with E-state index >= 15 is 0 Å². The minimum atomic E-state index is -1.24. The summed E-state index contributed by atoms with van der Waals surface area (Å²) in [5.41, 5.74) is 0.137. The van der Waals surface area contributed by atoms with Crippen LogP contribution in [-0.2, 0) is 0 Å². The Bertz CT molecular complexity index is 436. The fourth-order valence-electron chi connectivity index (χ4n) is 5.41. The van der Waals surface area contributed by atoms with E-state index in [1.807, 2.05) is 0 Å². The van der Waals surface area contributed by atoms with Gasteiger partial charge in [-0.15, -0.1) is 5.92 Å². The minimum absolute atomic E-state index is 0.137. The van der Waals surface area contributed by atoms with Gasteiger partial charge in [-0.25, -0.2) is 4.78 Å². The molecule has 0 saturated heterocycles. The summed E-state index contributed by atoms with van der Waals surface area (Å²) in [6, 6.07) is 0. The van der Waals surface area contributed by atoms with Crippen molar-refractivity contribution in [2.45, 2.75) is 107 Å². The first-order valence-electron chi connectivity index (χ1n) is 10.1. The Balaban J connectivity index is 6.66. The molecule has 0 aliphatic rings. The average Bonchev–Trinajstić information content (AvgIpc) is 2.15. The van der Waals surface area contributed by atoms with Gasteiger partial charge in [0, 0.05) is 37.7 Å². The molecule has 0 radical (unpaired) electrons. The van der Waals surface area contributed by atoms with E-state index in [0.29, 0.717) is 0 Å². The van der Waals surface area contributed by atoms with Gasteiger partial charge in [-0.1, -0.05) is 86.6 Å². The van der Waals surface area contributed by atoms with Crippen LogP contribution >= 0.6 is 0 Å². The second-order valence-corrected chi connectivity index (χ2v) is 41.4. The third-order valence-electron chi connectivity index (χ3n) is 5.06. The Hall–Kier alpha value is 0.960. The van der Waals surface area contributed by atoms with Crippen molar-refractivity contribution in [1.82, 2.24) is 0 Å². The summed E-state index contributed by atoms with van der Waals surface area (Å²) in [6.07, 6.45) is 0. The van der Waals surface area contributed by atoms with E-state index < -0.39 is 46.4 Å². The van der Waals surface area contributed by atoms with Crippen molar-refractivity contribution in [1.29, 1.82) is 0 Å². The van der Waals surface area contributed by atoms with E-state index in [4.69, 9.17) is 0 Å². The summed E-state index contributed by atoms with van der Waals surface area (Å²) in [7, 11) is -4.95. The third kappa shape index (κ3) is 8.67. The molecule has 25 heavy (non-hydrogen) atoms. The molecule has 0 bridgehead atoms. The van der Waals surface area contributed by atoms with Crippen LogP contribution in [0.4, 0.5) is 0 Å². The lowest BCUT2D eigenvalue weighted by Gasteiger charge is -2.48. The van der Waals surface area contributed by atoms with Crippen LogP contribution in [0, 0.1) is 16.1 Å². The zero-order chi connectivity index (χ0) is 20.6. The van der Waals surface area contributed by atoms with Gasteiger partial charge in [0.05, 0.1) is 0 Å². The normalized spacial score (nSPS) is 14.6. The highest BCUT2D eigenvalue weighted by molar-refractivity contribution is 7.18. The van der Waals surface area contributed by atoms with Gasteiger partial charge in [0.1, 0.15) is 0 Å². The second-order valence-electron chi connectivity index (χ2n) is 13.5. The van der Waals surface area contributed by atoms with Crippen LogP contribution in [0.3, 0.4) is 0 Å². The molecule has 5 heteroatoms. The summed E-state index contributed by atoms with van der Waals surface area (Å²) in [5, 5.41) is 0. The van der Waals surface area contributed by atoms with Gasteiger partial charge in [-0.05, 0) is 20.8 Å². The van der Waals surface area contributed by atoms with Crippen molar-refractivity contribution >= 4 is 46.4 Å². The maximum atomic E-state index is 4.11. The lowest BCUT2D eigenvalue weighted by atomic mass is 9.99. The second kappa shape index (κ2) is 8.14. The fraction of sp³-hybridized carbons (Fsp3) is 0.900. The van der Waals surface area contributed by atoms with Crippen molar-refractivity contribution in [3.05, 3.63) is 0 Å². The van der Waals surface area contributed by atoms with Gasteiger partial charge in [0.15, 0.2) is 0 Å². The summed E-state index contributed by atoms with van der Waals surface area (Å²) in [6.45, 7) is 38.5. The molecule has 0 fully saturated rings. The highest BCUT2D eigenvalue weighted by Crippen LogP contribution is 2.45. The zero-order valence-electron chi connectivity index (χ0n) is 20.2. The van der Waals surface area contributed by atoms with E-state index in [0.717, 1.165) is 8.05 Å². The van der Waals surface area contributed by atoms with Crippen LogP contribution in [0.25, 0.3) is 0 Å². The summed E-state index contributed by atoms with van der Waals surface area (Å²) in [4.78, 5) is 4.11. The molecule has 0 aromatic carbocycles. The largest absolute Gasteiger partial charge is 0.371 e. The van der Waals surface area contributed by atoms with E-state index in [1.54, 1.807) is 0 Å². The Morgan fingerprint density at radius 1 is 0.560 bits per heavy atom. The minimum Gasteiger partial charge on any atom is -0.205 e. The van der Waals surface area contributed by atoms with Gasteiger partial charge < -0.3 is 0 Å². The molecular formula is C20H47AlSi4. The first-order valence-corrected chi connectivity index (χ1v) is 26.3. The Morgan fingerprint density at radius 3 is 0.960 bits per heavy atom. The van der Waals surface area contributed by atoms with Crippen LogP contribution in [0.15, 0.2) is 0 Å². The molecule has 0 spiro atoms. The van der Waals surface area contributed by atoms with Crippen LogP contribution < -0.4 is 0 Å². The molecule has 0 aliphatic carbocycles. The van der Waals surface area contributed by atoms with Gasteiger partial charge >= 0.3 is 14.1 Å². The third-order valence-corrected chi connectivity index (χ3v) is 41.1. The van der Waals surface area contributed by atoms with Gasteiger partial charge in [0.2, 0.25) is 0 Å². The predicted octanol–water partition coefficient (Wildman–Crippen LogP) is 7.32. The number of hydrogen-bond acceptors (Lipinski definition) is 0. The zero-order valence-corrected chi connectivity index (χ0v) is 25.4. The quantitative estimate of drug-likeness (QED) is 0.308. The molecule has 0 saturated carbocycles. The standard InChI is InChI=1S/2C7H19Si2.C6H9.Al/c2*1-8(2,3)7-9(4,5)6;1-5-6(2,3)4;/h2*7H,1-6H3;2-4H3;. The predicted molar refractivity (Wildman–Crippen MR) is 134 cm³/mol. The SMILES string of the molecule is CC(C)(C)C#[C][Al]([CH]([Si](C)(C)C)[Si](C)(C)C)[CH]([Si](C)(C)C)[Si](C)(C)C. The van der Waals surface area contributed by atoms with Crippen LogP contribution in [0.2, 0.25) is 86.6 Å². The molecule has 146 valence electrons. The van der Waals surface area contributed by atoms with Gasteiger partial charge in [-0.2, -0.15) is 0 Å². The fourth-order valence-corrected chi connectivity index (χ4v) is 50.4. The summed E-state index contributed by atoms with van der Waals surface area (Å²) in [5.74, 6) is 3.77. The highest BCUT2D eigenvalue weighted by atomic mass is 28.4. The van der Waals surface area contributed by atoms with Gasteiger partial charge in [-0.3, -0.25) is 0 Å². The molecule has 0 amide bonds. The Kier molecular flexibility index (Phi) is 8.45. The first kappa shape index (κ1) is 26.0. The number of hydrogen-bond donors (Lipinski definition) is 0. The highest BCUT2D eigenvalue weighted by Gasteiger charge is 2.55. The van der Waals surface area contributed by atoms with Crippen molar-refractivity contribution in [3.63, 3.8) is 0 Å². The number of rotatable bonds is 6. The van der Waals surface area contributed by atoms with E-state index in [2.05, 4.69) is 110 Å². The maximum Gasteiger partial charge on any atom is 0.371 e. The topological polar surface area (TPSA) is 0 Å². The molecule has 0 nitrogen and oxygen atoms in total.